The second-order valence-corrected chi connectivity index (χ2v) is 7.34. The number of carbonyl (C=O) groups is 2. The maximum Gasteiger partial charge on any atom is 0.255 e. The van der Waals surface area contributed by atoms with Crippen LogP contribution in [-0.2, 0) is 4.79 Å². The van der Waals surface area contributed by atoms with Gasteiger partial charge >= 0.3 is 0 Å². The molecule has 0 bridgehead atoms. The first-order valence-corrected chi connectivity index (χ1v) is 9.61. The highest BCUT2D eigenvalue weighted by Crippen LogP contribution is 2.25. The molecule has 1 saturated heterocycles. The van der Waals surface area contributed by atoms with E-state index >= 15 is 0 Å². The number of rotatable bonds is 5. The molecule has 0 atom stereocenters. The molecule has 0 saturated carbocycles. The van der Waals surface area contributed by atoms with E-state index in [9.17, 15) is 14.7 Å². The number of hydrogen-bond donors (Lipinski definition) is 3. The molecule has 0 unspecified atom stereocenters. The van der Waals surface area contributed by atoms with Crippen molar-refractivity contribution in [3.63, 3.8) is 0 Å². The van der Waals surface area contributed by atoms with Crippen LogP contribution in [0, 0.1) is 13.8 Å². The van der Waals surface area contributed by atoms with Gasteiger partial charge in [0.15, 0.2) is 0 Å². The summed E-state index contributed by atoms with van der Waals surface area (Å²) in [5.74, 6) is -0.234. The van der Waals surface area contributed by atoms with Crippen molar-refractivity contribution >= 4 is 17.5 Å². The van der Waals surface area contributed by atoms with Crippen LogP contribution in [0.5, 0.6) is 5.75 Å². The summed E-state index contributed by atoms with van der Waals surface area (Å²) in [4.78, 5) is 26.8. The second-order valence-electron chi connectivity index (χ2n) is 7.34. The minimum absolute atomic E-state index is 0.0336. The molecule has 0 aromatic heterocycles. The number of amides is 2. The number of phenols is 1. The van der Waals surface area contributed by atoms with E-state index in [-0.39, 0.29) is 23.6 Å². The van der Waals surface area contributed by atoms with Gasteiger partial charge in [-0.2, -0.15) is 0 Å². The Hall–Kier alpha value is -2.86. The summed E-state index contributed by atoms with van der Waals surface area (Å²) in [6.07, 6.45) is 1.55. The second kappa shape index (κ2) is 8.89. The zero-order valence-corrected chi connectivity index (χ0v) is 16.4. The predicted molar refractivity (Wildman–Crippen MR) is 110 cm³/mol. The zero-order valence-electron chi connectivity index (χ0n) is 16.4. The molecule has 148 valence electrons. The minimum atomic E-state index is -0.249. The molecule has 2 aromatic rings. The van der Waals surface area contributed by atoms with Gasteiger partial charge in [0.25, 0.3) is 5.91 Å². The lowest BCUT2D eigenvalue weighted by Gasteiger charge is -2.32. The molecule has 0 radical (unpaired) electrons. The Morgan fingerprint density at radius 3 is 2.43 bits per heavy atom. The molecule has 1 heterocycles. The third-order valence-corrected chi connectivity index (χ3v) is 5.29. The van der Waals surface area contributed by atoms with Gasteiger partial charge in [0, 0.05) is 24.8 Å². The Morgan fingerprint density at radius 1 is 1.07 bits per heavy atom. The Bertz CT molecular complexity index is 844. The van der Waals surface area contributed by atoms with Gasteiger partial charge in [-0.05, 0) is 56.0 Å². The van der Waals surface area contributed by atoms with E-state index in [1.807, 2.05) is 43.3 Å². The van der Waals surface area contributed by atoms with Crippen molar-refractivity contribution in [1.82, 2.24) is 10.2 Å². The largest absolute Gasteiger partial charge is 0.507 e. The van der Waals surface area contributed by atoms with E-state index in [1.54, 1.807) is 13.0 Å². The zero-order chi connectivity index (χ0) is 20.1. The van der Waals surface area contributed by atoms with Crippen molar-refractivity contribution in [3.05, 3.63) is 59.2 Å². The van der Waals surface area contributed by atoms with Crippen molar-refractivity contribution in [3.8, 4) is 5.75 Å². The lowest BCUT2D eigenvalue weighted by molar-refractivity contribution is -0.117. The van der Waals surface area contributed by atoms with Crippen molar-refractivity contribution in [2.24, 2.45) is 0 Å². The monoisotopic (exact) mass is 381 g/mol. The molecule has 1 aliphatic rings. The van der Waals surface area contributed by atoms with Crippen molar-refractivity contribution in [1.29, 1.82) is 0 Å². The van der Waals surface area contributed by atoms with Crippen molar-refractivity contribution in [2.75, 3.05) is 25.0 Å². The average Bonchev–Trinajstić information content (AvgIpc) is 2.68. The summed E-state index contributed by atoms with van der Waals surface area (Å²) < 4.78 is 0. The molecule has 3 rings (SSSR count). The summed E-state index contributed by atoms with van der Waals surface area (Å²) in [6, 6.07) is 13.0. The number of anilines is 1. The van der Waals surface area contributed by atoms with E-state index in [4.69, 9.17) is 0 Å². The van der Waals surface area contributed by atoms with Crippen LogP contribution in [0.3, 0.4) is 0 Å². The summed E-state index contributed by atoms with van der Waals surface area (Å²) in [7, 11) is 0. The Kier molecular flexibility index (Phi) is 6.31. The lowest BCUT2D eigenvalue weighted by Crippen LogP contribution is -2.46. The molecule has 1 fully saturated rings. The van der Waals surface area contributed by atoms with E-state index in [2.05, 4.69) is 15.5 Å². The minimum Gasteiger partial charge on any atom is -0.507 e. The quantitative estimate of drug-likeness (QED) is 0.744. The van der Waals surface area contributed by atoms with Crippen LogP contribution >= 0.6 is 0 Å². The molecular weight excluding hydrogens is 354 g/mol. The predicted octanol–water partition coefficient (Wildman–Crippen LogP) is 2.84. The van der Waals surface area contributed by atoms with Crippen LogP contribution in [0.1, 0.15) is 34.3 Å². The van der Waals surface area contributed by atoms with E-state index in [1.165, 1.54) is 0 Å². The topological polar surface area (TPSA) is 81.7 Å². The number of benzene rings is 2. The third-order valence-electron chi connectivity index (χ3n) is 5.29. The Balaban J connectivity index is 1.47. The molecule has 0 spiro atoms. The molecule has 1 aliphatic heterocycles. The first-order valence-electron chi connectivity index (χ1n) is 9.61. The van der Waals surface area contributed by atoms with Crippen LogP contribution < -0.4 is 10.6 Å². The van der Waals surface area contributed by atoms with Gasteiger partial charge in [-0.3, -0.25) is 14.5 Å². The average molecular weight is 381 g/mol. The van der Waals surface area contributed by atoms with Gasteiger partial charge in [-0.25, -0.2) is 0 Å². The molecular formula is C22H27N3O3. The van der Waals surface area contributed by atoms with Crippen LogP contribution in [0.15, 0.2) is 42.5 Å². The number of likely N-dealkylation sites (tertiary alicyclic amines) is 1. The summed E-state index contributed by atoms with van der Waals surface area (Å²) in [6.45, 7) is 5.53. The molecule has 0 aliphatic carbocycles. The van der Waals surface area contributed by atoms with Crippen LogP contribution in [0.25, 0.3) is 0 Å². The van der Waals surface area contributed by atoms with Crippen LogP contribution in [-0.4, -0.2) is 47.5 Å². The lowest BCUT2D eigenvalue weighted by atomic mass is 10.0. The fraction of sp³-hybridized carbons (Fsp3) is 0.364. The summed E-state index contributed by atoms with van der Waals surface area (Å²) in [5, 5.41) is 16.1. The maximum absolute atomic E-state index is 12.5. The number of nitrogens with zero attached hydrogens (tertiary/aromatic N) is 1. The van der Waals surface area contributed by atoms with Gasteiger partial charge < -0.3 is 15.7 Å². The highest BCUT2D eigenvalue weighted by Gasteiger charge is 2.23. The number of phenolic OH excluding ortho intramolecular Hbond substituents is 1. The summed E-state index contributed by atoms with van der Waals surface area (Å²) >= 11 is 0. The van der Waals surface area contributed by atoms with E-state index in [0.717, 1.165) is 42.7 Å². The number of aryl methyl sites for hydroxylation is 1. The first-order chi connectivity index (χ1) is 13.4. The fourth-order valence-electron chi connectivity index (χ4n) is 3.41. The normalized spacial score (nSPS) is 15.2. The molecule has 6 heteroatoms. The number of hydrogen-bond acceptors (Lipinski definition) is 4. The third kappa shape index (κ3) is 4.89. The first kappa shape index (κ1) is 19.9. The van der Waals surface area contributed by atoms with E-state index < -0.39 is 0 Å². The van der Waals surface area contributed by atoms with E-state index in [0.29, 0.717) is 12.1 Å². The molecule has 3 N–H and O–H groups in total. The van der Waals surface area contributed by atoms with Crippen LogP contribution in [0.4, 0.5) is 5.69 Å². The highest BCUT2D eigenvalue weighted by atomic mass is 16.3. The summed E-state index contributed by atoms with van der Waals surface area (Å²) in [5.41, 5.74) is 2.79. The Labute approximate surface area is 165 Å². The van der Waals surface area contributed by atoms with Crippen LogP contribution in [0.2, 0.25) is 0 Å². The number of nitrogens with one attached hydrogen (secondary N) is 2. The number of piperidine rings is 1. The molecule has 2 aromatic carbocycles. The van der Waals surface area contributed by atoms with Gasteiger partial charge in [-0.15, -0.1) is 0 Å². The SMILES string of the molecule is Cc1ccc(C(=O)NC2CCN(CC(=O)Nc3ccccc3)CC2)c(O)c1C. The Morgan fingerprint density at radius 2 is 1.75 bits per heavy atom. The number of aromatic hydroxyl groups is 1. The van der Waals surface area contributed by atoms with Gasteiger partial charge in [0.05, 0.1) is 12.1 Å². The van der Waals surface area contributed by atoms with Crippen molar-refractivity contribution < 1.29 is 14.7 Å². The smallest absolute Gasteiger partial charge is 0.255 e. The molecule has 2 amide bonds. The van der Waals surface area contributed by atoms with Gasteiger partial charge in [0.1, 0.15) is 5.75 Å². The van der Waals surface area contributed by atoms with Crippen molar-refractivity contribution in [2.45, 2.75) is 32.7 Å². The van der Waals surface area contributed by atoms with Gasteiger partial charge in [-0.1, -0.05) is 24.3 Å². The number of carbonyl (C=O) groups excluding carboxylic acids is 2. The fourth-order valence-corrected chi connectivity index (χ4v) is 3.41. The molecule has 28 heavy (non-hydrogen) atoms. The van der Waals surface area contributed by atoms with Gasteiger partial charge in [0.2, 0.25) is 5.91 Å². The maximum atomic E-state index is 12.5. The highest BCUT2D eigenvalue weighted by molar-refractivity contribution is 5.97. The standard InChI is InChI=1S/C22H27N3O3/c1-15-8-9-19(21(27)16(15)2)22(28)24-18-10-12-25(13-11-18)14-20(26)23-17-6-4-3-5-7-17/h3-9,18,27H,10-14H2,1-2H3,(H,23,26)(H,24,28). The molecule has 6 nitrogen and oxygen atoms in total. The number of para-hydroxylation sites is 1.